The Bertz CT molecular complexity index is 358. The van der Waals surface area contributed by atoms with E-state index in [1.165, 1.54) is 0 Å². The first kappa shape index (κ1) is 13.3. The van der Waals surface area contributed by atoms with Crippen molar-refractivity contribution in [2.45, 2.75) is 50.7 Å². The molecule has 1 aliphatic rings. The summed E-state index contributed by atoms with van der Waals surface area (Å²) in [5.74, 6) is 0. The van der Waals surface area contributed by atoms with Crippen molar-refractivity contribution in [1.29, 1.82) is 0 Å². The van der Waals surface area contributed by atoms with Crippen LogP contribution in [0, 0.1) is 0 Å². The van der Waals surface area contributed by atoms with Crippen LogP contribution < -0.4 is 5.32 Å². The van der Waals surface area contributed by atoms with Gasteiger partial charge in [-0.25, -0.2) is 0 Å². The summed E-state index contributed by atoms with van der Waals surface area (Å²) in [5, 5.41) is 16.9. The van der Waals surface area contributed by atoms with Crippen molar-refractivity contribution in [2.75, 3.05) is 6.54 Å². The molecule has 1 aliphatic carbocycles. The highest BCUT2D eigenvalue weighted by molar-refractivity contribution is 7.10. The standard InChI is InChI=1S/C13H20ClNOS/c1-2-8-15-10-3-6-13(16,7-4-10)12-11(14)5-9-17-12/h5,9-10,15-16H,2-4,6-8H2,1H3. The predicted octanol–water partition coefficient (Wildman–Crippen LogP) is 3.53. The van der Waals surface area contributed by atoms with Gasteiger partial charge in [-0.15, -0.1) is 11.3 Å². The van der Waals surface area contributed by atoms with Crippen LogP contribution in [0.15, 0.2) is 11.4 Å². The van der Waals surface area contributed by atoms with E-state index in [2.05, 4.69) is 12.2 Å². The Morgan fingerprint density at radius 3 is 2.76 bits per heavy atom. The van der Waals surface area contributed by atoms with Crippen LogP contribution in [-0.4, -0.2) is 17.7 Å². The second-order valence-corrected chi connectivity index (χ2v) is 6.18. The molecule has 17 heavy (non-hydrogen) atoms. The number of aliphatic hydroxyl groups is 1. The van der Waals surface area contributed by atoms with Crippen molar-refractivity contribution in [1.82, 2.24) is 5.32 Å². The van der Waals surface area contributed by atoms with Crippen molar-refractivity contribution in [3.63, 3.8) is 0 Å². The molecule has 0 saturated heterocycles. The largest absolute Gasteiger partial charge is 0.384 e. The zero-order valence-corrected chi connectivity index (χ0v) is 11.8. The topological polar surface area (TPSA) is 32.3 Å². The lowest BCUT2D eigenvalue weighted by Crippen LogP contribution is -2.39. The second-order valence-electron chi connectivity index (χ2n) is 4.86. The first-order valence-corrected chi connectivity index (χ1v) is 7.60. The molecule has 0 unspecified atom stereocenters. The molecule has 0 amide bonds. The molecule has 1 saturated carbocycles. The summed E-state index contributed by atoms with van der Waals surface area (Å²) in [7, 11) is 0. The van der Waals surface area contributed by atoms with E-state index in [4.69, 9.17) is 11.6 Å². The summed E-state index contributed by atoms with van der Waals surface area (Å²) in [6.45, 7) is 3.25. The van der Waals surface area contributed by atoms with Crippen molar-refractivity contribution in [3.8, 4) is 0 Å². The molecule has 4 heteroatoms. The van der Waals surface area contributed by atoms with Gasteiger partial charge in [0.15, 0.2) is 0 Å². The molecular weight excluding hydrogens is 254 g/mol. The highest BCUT2D eigenvalue weighted by Crippen LogP contribution is 2.42. The van der Waals surface area contributed by atoms with Crippen LogP contribution in [0.3, 0.4) is 0 Å². The monoisotopic (exact) mass is 273 g/mol. The predicted molar refractivity (Wildman–Crippen MR) is 73.8 cm³/mol. The van der Waals surface area contributed by atoms with Gasteiger partial charge in [0.05, 0.1) is 9.90 Å². The van der Waals surface area contributed by atoms with Gasteiger partial charge in [-0.1, -0.05) is 18.5 Å². The quantitative estimate of drug-likeness (QED) is 0.880. The highest BCUT2D eigenvalue weighted by Gasteiger charge is 2.36. The van der Waals surface area contributed by atoms with Gasteiger partial charge < -0.3 is 10.4 Å². The fraction of sp³-hybridized carbons (Fsp3) is 0.692. The van der Waals surface area contributed by atoms with E-state index in [-0.39, 0.29) is 0 Å². The van der Waals surface area contributed by atoms with Crippen molar-refractivity contribution >= 4 is 22.9 Å². The average molecular weight is 274 g/mol. The van der Waals surface area contributed by atoms with E-state index >= 15 is 0 Å². The van der Waals surface area contributed by atoms with Crippen LogP contribution in [0.4, 0.5) is 0 Å². The highest BCUT2D eigenvalue weighted by atomic mass is 35.5. The normalized spacial score (nSPS) is 29.5. The van der Waals surface area contributed by atoms with Crippen molar-refractivity contribution in [2.24, 2.45) is 0 Å². The van der Waals surface area contributed by atoms with Crippen LogP contribution in [0.2, 0.25) is 5.02 Å². The zero-order valence-electron chi connectivity index (χ0n) is 10.2. The van der Waals surface area contributed by atoms with E-state index in [9.17, 15) is 5.11 Å². The average Bonchev–Trinajstić information content (AvgIpc) is 2.76. The van der Waals surface area contributed by atoms with Crippen molar-refractivity contribution < 1.29 is 5.11 Å². The number of rotatable bonds is 4. The number of nitrogens with one attached hydrogen (secondary N) is 1. The number of halogens is 1. The van der Waals surface area contributed by atoms with Crippen LogP contribution >= 0.6 is 22.9 Å². The zero-order chi connectivity index (χ0) is 12.3. The lowest BCUT2D eigenvalue weighted by Gasteiger charge is -2.36. The Kier molecular flexibility index (Phi) is 4.47. The minimum atomic E-state index is -0.685. The maximum Gasteiger partial charge on any atom is 0.100 e. The van der Waals surface area contributed by atoms with Gasteiger partial charge in [-0.2, -0.15) is 0 Å². The molecule has 2 rings (SSSR count). The maximum absolute atomic E-state index is 10.7. The number of hydrogen-bond acceptors (Lipinski definition) is 3. The lowest BCUT2D eigenvalue weighted by atomic mass is 9.81. The van der Waals surface area contributed by atoms with E-state index < -0.39 is 5.60 Å². The molecule has 0 aromatic carbocycles. The van der Waals surface area contributed by atoms with E-state index in [0.29, 0.717) is 6.04 Å². The fourth-order valence-electron chi connectivity index (χ4n) is 2.50. The number of thiophene rings is 1. The van der Waals surface area contributed by atoms with Gasteiger partial charge in [0.25, 0.3) is 0 Å². The SMILES string of the molecule is CCCNC1CCC(O)(c2sccc2Cl)CC1. The molecule has 0 aliphatic heterocycles. The Balaban J connectivity index is 1.96. The summed E-state index contributed by atoms with van der Waals surface area (Å²) in [4.78, 5) is 0.952. The van der Waals surface area contributed by atoms with E-state index in [0.717, 1.165) is 48.5 Å². The number of hydrogen-bond donors (Lipinski definition) is 2. The Morgan fingerprint density at radius 1 is 1.53 bits per heavy atom. The van der Waals surface area contributed by atoms with Crippen LogP contribution in [0.5, 0.6) is 0 Å². The third-order valence-electron chi connectivity index (χ3n) is 3.54. The van der Waals surface area contributed by atoms with Gasteiger partial charge in [0.2, 0.25) is 0 Å². The Morgan fingerprint density at radius 2 is 2.24 bits per heavy atom. The minimum Gasteiger partial charge on any atom is -0.384 e. The molecule has 96 valence electrons. The molecular formula is C13H20ClNOS. The Hall–Kier alpha value is -0.0900. The van der Waals surface area contributed by atoms with Gasteiger partial charge in [0.1, 0.15) is 5.60 Å². The fourth-order valence-corrected chi connectivity index (χ4v) is 3.89. The molecule has 1 fully saturated rings. The van der Waals surface area contributed by atoms with Gasteiger partial charge in [-0.3, -0.25) is 0 Å². The van der Waals surface area contributed by atoms with Crippen molar-refractivity contribution in [3.05, 3.63) is 21.3 Å². The summed E-state index contributed by atoms with van der Waals surface area (Å²) >= 11 is 7.69. The molecule has 0 atom stereocenters. The van der Waals surface area contributed by atoms with Gasteiger partial charge >= 0.3 is 0 Å². The summed E-state index contributed by atoms with van der Waals surface area (Å²) < 4.78 is 0. The third-order valence-corrected chi connectivity index (χ3v) is 5.07. The molecule has 1 heterocycles. The maximum atomic E-state index is 10.7. The first-order valence-electron chi connectivity index (χ1n) is 6.35. The summed E-state index contributed by atoms with van der Waals surface area (Å²) in [6, 6.07) is 2.44. The molecule has 1 aromatic heterocycles. The summed E-state index contributed by atoms with van der Waals surface area (Å²) in [6.07, 6.45) is 4.86. The van der Waals surface area contributed by atoms with E-state index in [1.807, 2.05) is 11.4 Å². The minimum absolute atomic E-state index is 0.564. The molecule has 2 nitrogen and oxygen atoms in total. The molecule has 0 bridgehead atoms. The molecule has 1 aromatic rings. The Labute approximate surface area is 112 Å². The smallest absolute Gasteiger partial charge is 0.100 e. The molecule has 2 N–H and O–H groups in total. The van der Waals surface area contributed by atoms with Crippen LogP contribution in [0.1, 0.15) is 43.9 Å². The van der Waals surface area contributed by atoms with Crippen LogP contribution in [0.25, 0.3) is 0 Å². The lowest BCUT2D eigenvalue weighted by molar-refractivity contribution is -0.00485. The second kappa shape index (κ2) is 5.70. The molecule has 0 spiro atoms. The van der Waals surface area contributed by atoms with E-state index in [1.54, 1.807) is 11.3 Å². The molecule has 0 radical (unpaired) electrons. The van der Waals surface area contributed by atoms with Gasteiger partial charge in [-0.05, 0) is 50.1 Å². The first-order chi connectivity index (χ1) is 8.15. The third kappa shape index (κ3) is 3.02. The summed E-state index contributed by atoms with van der Waals surface area (Å²) in [5.41, 5.74) is -0.685. The van der Waals surface area contributed by atoms with Crippen LogP contribution in [-0.2, 0) is 5.60 Å². The van der Waals surface area contributed by atoms with Gasteiger partial charge in [0, 0.05) is 6.04 Å².